The van der Waals surface area contributed by atoms with E-state index in [-0.39, 0.29) is 12.3 Å². The Balaban J connectivity index is 1.78. The fraction of sp³-hybridized carbons (Fsp3) is 0.250. The van der Waals surface area contributed by atoms with Gasteiger partial charge in [0.1, 0.15) is 5.75 Å². The number of pyridine rings is 1. The van der Waals surface area contributed by atoms with E-state index in [1.165, 1.54) is 0 Å². The Labute approximate surface area is 124 Å². The van der Waals surface area contributed by atoms with Crippen LogP contribution in [-0.4, -0.2) is 17.5 Å². The van der Waals surface area contributed by atoms with Crippen molar-refractivity contribution >= 4 is 11.6 Å². The summed E-state index contributed by atoms with van der Waals surface area (Å²) in [7, 11) is 0. The number of carbonyl (C=O) groups excluding carboxylic acids is 1. The standard InChI is InChI=1S/C16H19N3O2/c1-12-15(3-2-9-18-12)21-10-8-16(20)19-14-6-4-13(11-17)5-7-14/h2-7,9H,8,10-11,17H2,1H3,(H,19,20). The zero-order chi connectivity index (χ0) is 15.1. The molecule has 0 spiro atoms. The van der Waals surface area contributed by atoms with Crippen molar-refractivity contribution in [3.8, 4) is 5.75 Å². The van der Waals surface area contributed by atoms with Crippen LogP contribution in [0.15, 0.2) is 42.6 Å². The quantitative estimate of drug-likeness (QED) is 0.853. The molecule has 0 radical (unpaired) electrons. The van der Waals surface area contributed by atoms with Gasteiger partial charge < -0.3 is 15.8 Å². The van der Waals surface area contributed by atoms with E-state index in [2.05, 4.69) is 10.3 Å². The number of hydrogen-bond acceptors (Lipinski definition) is 4. The normalized spacial score (nSPS) is 10.2. The number of carbonyl (C=O) groups is 1. The zero-order valence-electron chi connectivity index (χ0n) is 12.0. The van der Waals surface area contributed by atoms with E-state index in [0.717, 1.165) is 16.9 Å². The first-order chi connectivity index (χ1) is 10.2. The summed E-state index contributed by atoms with van der Waals surface area (Å²) in [6, 6.07) is 11.1. The molecule has 0 atom stereocenters. The highest BCUT2D eigenvalue weighted by atomic mass is 16.5. The molecule has 1 amide bonds. The minimum atomic E-state index is -0.0861. The fourth-order valence-corrected chi connectivity index (χ4v) is 1.82. The maximum absolute atomic E-state index is 11.8. The number of anilines is 1. The Morgan fingerprint density at radius 1 is 1.29 bits per heavy atom. The molecular formula is C16H19N3O2. The van der Waals surface area contributed by atoms with Crippen LogP contribution >= 0.6 is 0 Å². The van der Waals surface area contributed by atoms with Crippen LogP contribution in [0.3, 0.4) is 0 Å². The van der Waals surface area contributed by atoms with Crippen LogP contribution < -0.4 is 15.8 Å². The Hall–Kier alpha value is -2.40. The van der Waals surface area contributed by atoms with Gasteiger partial charge in [-0.25, -0.2) is 0 Å². The second kappa shape index (κ2) is 7.40. The largest absolute Gasteiger partial charge is 0.491 e. The van der Waals surface area contributed by atoms with Crippen molar-refractivity contribution in [1.29, 1.82) is 0 Å². The smallest absolute Gasteiger partial charge is 0.227 e. The summed E-state index contributed by atoms with van der Waals surface area (Å²) in [6.45, 7) is 2.68. The average molecular weight is 285 g/mol. The van der Waals surface area contributed by atoms with E-state index in [4.69, 9.17) is 10.5 Å². The third-order valence-electron chi connectivity index (χ3n) is 3.02. The highest BCUT2D eigenvalue weighted by molar-refractivity contribution is 5.90. The highest BCUT2D eigenvalue weighted by Crippen LogP contribution is 2.14. The number of rotatable bonds is 6. The van der Waals surface area contributed by atoms with Crippen LogP contribution in [0.4, 0.5) is 5.69 Å². The van der Waals surface area contributed by atoms with Crippen molar-refractivity contribution in [2.45, 2.75) is 19.9 Å². The number of benzene rings is 1. The van der Waals surface area contributed by atoms with Crippen molar-refractivity contribution in [1.82, 2.24) is 4.98 Å². The monoisotopic (exact) mass is 285 g/mol. The van der Waals surface area contributed by atoms with Gasteiger partial charge in [0.15, 0.2) is 0 Å². The van der Waals surface area contributed by atoms with Crippen LogP contribution in [-0.2, 0) is 11.3 Å². The van der Waals surface area contributed by atoms with E-state index in [1.807, 2.05) is 37.3 Å². The molecule has 0 bridgehead atoms. The van der Waals surface area contributed by atoms with Crippen LogP contribution in [0.2, 0.25) is 0 Å². The predicted molar refractivity (Wildman–Crippen MR) is 82.0 cm³/mol. The SMILES string of the molecule is Cc1ncccc1OCCC(=O)Nc1ccc(CN)cc1. The van der Waals surface area contributed by atoms with Gasteiger partial charge in [0.2, 0.25) is 5.91 Å². The van der Waals surface area contributed by atoms with Crippen molar-refractivity contribution in [3.05, 3.63) is 53.9 Å². The van der Waals surface area contributed by atoms with Crippen LogP contribution in [0.5, 0.6) is 5.75 Å². The lowest BCUT2D eigenvalue weighted by atomic mass is 10.2. The lowest BCUT2D eigenvalue weighted by molar-refractivity contribution is -0.116. The molecule has 0 unspecified atom stereocenters. The molecule has 2 rings (SSSR count). The maximum Gasteiger partial charge on any atom is 0.227 e. The van der Waals surface area contributed by atoms with Gasteiger partial charge in [-0.1, -0.05) is 12.1 Å². The summed E-state index contributed by atoms with van der Waals surface area (Å²) in [4.78, 5) is 15.9. The number of aromatic nitrogens is 1. The average Bonchev–Trinajstić information content (AvgIpc) is 2.50. The van der Waals surface area contributed by atoms with Crippen LogP contribution in [0, 0.1) is 6.92 Å². The van der Waals surface area contributed by atoms with Gasteiger partial charge in [-0.05, 0) is 36.8 Å². The number of hydrogen-bond donors (Lipinski definition) is 2. The molecule has 3 N–H and O–H groups in total. The third-order valence-corrected chi connectivity index (χ3v) is 3.02. The Morgan fingerprint density at radius 3 is 2.71 bits per heavy atom. The van der Waals surface area contributed by atoms with Crippen molar-refractivity contribution in [2.24, 2.45) is 5.73 Å². The lowest BCUT2D eigenvalue weighted by Gasteiger charge is -2.09. The first-order valence-electron chi connectivity index (χ1n) is 6.82. The Kier molecular flexibility index (Phi) is 5.29. The Bertz CT molecular complexity index is 597. The molecular weight excluding hydrogens is 266 g/mol. The van der Waals surface area contributed by atoms with E-state index in [1.54, 1.807) is 12.3 Å². The maximum atomic E-state index is 11.8. The zero-order valence-corrected chi connectivity index (χ0v) is 12.0. The molecule has 21 heavy (non-hydrogen) atoms. The van der Waals surface area contributed by atoms with Gasteiger partial charge in [0.05, 0.1) is 18.7 Å². The molecule has 5 nitrogen and oxygen atoms in total. The Morgan fingerprint density at radius 2 is 2.05 bits per heavy atom. The van der Waals surface area contributed by atoms with Gasteiger partial charge in [0.25, 0.3) is 0 Å². The number of nitrogens with two attached hydrogens (primary N) is 1. The number of ether oxygens (including phenoxy) is 1. The number of amides is 1. The summed E-state index contributed by atoms with van der Waals surface area (Å²) in [5.41, 5.74) is 8.13. The third kappa shape index (κ3) is 4.57. The minimum Gasteiger partial charge on any atom is -0.491 e. The minimum absolute atomic E-state index is 0.0861. The molecule has 5 heteroatoms. The highest BCUT2D eigenvalue weighted by Gasteiger charge is 2.04. The van der Waals surface area contributed by atoms with E-state index in [0.29, 0.717) is 18.9 Å². The number of aryl methyl sites for hydroxylation is 1. The summed E-state index contributed by atoms with van der Waals surface area (Å²) < 4.78 is 5.54. The lowest BCUT2D eigenvalue weighted by Crippen LogP contribution is -2.15. The first-order valence-corrected chi connectivity index (χ1v) is 6.82. The topological polar surface area (TPSA) is 77.2 Å². The molecule has 2 aromatic rings. The van der Waals surface area contributed by atoms with E-state index in [9.17, 15) is 4.79 Å². The van der Waals surface area contributed by atoms with Crippen molar-refractivity contribution in [2.75, 3.05) is 11.9 Å². The summed E-state index contributed by atoms with van der Waals surface area (Å²) in [5.74, 6) is 0.620. The van der Waals surface area contributed by atoms with E-state index < -0.39 is 0 Å². The first kappa shape index (κ1) is 15.0. The molecule has 1 aromatic heterocycles. The van der Waals surface area contributed by atoms with Gasteiger partial charge in [-0.2, -0.15) is 0 Å². The molecule has 0 saturated heterocycles. The van der Waals surface area contributed by atoms with Crippen LogP contribution in [0.1, 0.15) is 17.7 Å². The molecule has 0 aliphatic heterocycles. The fourth-order valence-electron chi connectivity index (χ4n) is 1.82. The van der Waals surface area contributed by atoms with Crippen molar-refractivity contribution in [3.63, 3.8) is 0 Å². The molecule has 0 fully saturated rings. The summed E-state index contributed by atoms with van der Waals surface area (Å²) >= 11 is 0. The van der Waals surface area contributed by atoms with Gasteiger partial charge in [0, 0.05) is 18.4 Å². The molecule has 0 aliphatic carbocycles. The molecule has 1 aromatic carbocycles. The molecule has 0 saturated carbocycles. The van der Waals surface area contributed by atoms with Crippen molar-refractivity contribution < 1.29 is 9.53 Å². The predicted octanol–water partition coefficient (Wildman–Crippen LogP) is 2.26. The molecule has 0 aliphatic rings. The van der Waals surface area contributed by atoms with Gasteiger partial charge in [-0.3, -0.25) is 9.78 Å². The van der Waals surface area contributed by atoms with Gasteiger partial charge in [-0.15, -0.1) is 0 Å². The molecule has 1 heterocycles. The second-order valence-corrected chi connectivity index (χ2v) is 4.63. The number of nitrogens with one attached hydrogen (secondary N) is 1. The number of nitrogens with zero attached hydrogens (tertiary/aromatic N) is 1. The van der Waals surface area contributed by atoms with Crippen LogP contribution in [0.25, 0.3) is 0 Å². The molecule has 110 valence electrons. The summed E-state index contributed by atoms with van der Waals surface area (Å²) in [5, 5.41) is 2.82. The van der Waals surface area contributed by atoms with E-state index >= 15 is 0 Å². The van der Waals surface area contributed by atoms with Gasteiger partial charge >= 0.3 is 0 Å². The summed E-state index contributed by atoms with van der Waals surface area (Å²) in [6.07, 6.45) is 1.99. The second-order valence-electron chi connectivity index (χ2n) is 4.63.